The lowest BCUT2D eigenvalue weighted by Crippen LogP contribution is -2.08. The van der Waals surface area contributed by atoms with E-state index in [1.807, 2.05) is 6.33 Å². The maximum atomic E-state index is 5.83. The zero-order valence-electron chi connectivity index (χ0n) is 5.68. The first-order chi connectivity index (χ1) is 4.88. The van der Waals surface area contributed by atoms with Crippen LogP contribution >= 0.6 is 11.6 Å². The molecule has 0 spiro atoms. The monoisotopic (exact) mass is 156 g/mol. The lowest BCUT2D eigenvalue weighted by atomic mass is 10.1. The second kappa shape index (κ2) is 2.27. The van der Waals surface area contributed by atoms with Crippen LogP contribution in [-0.4, -0.2) is 9.55 Å². The average molecular weight is 157 g/mol. The fourth-order valence-corrected chi connectivity index (χ4v) is 1.64. The Morgan fingerprint density at radius 3 is 3.20 bits per heavy atom. The van der Waals surface area contributed by atoms with Crippen molar-refractivity contribution in [3.05, 3.63) is 17.2 Å². The summed E-state index contributed by atoms with van der Waals surface area (Å²) < 4.78 is 2.14. The van der Waals surface area contributed by atoms with Crippen LogP contribution in [0.1, 0.15) is 18.5 Å². The van der Waals surface area contributed by atoms with E-state index in [9.17, 15) is 0 Å². The Morgan fingerprint density at radius 2 is 2.40 bits per heavy atom. The van der Waals surface area contributed by atoms with Crippen LogP contribution in [0.4, 0.5) is 0 Å². The number of rotatable bonds is 0. The standard InChI is InChI=1S/C7H9ClN2/c8-7-6-3-1-2-4-10(6)5-9-7/h5H,1-4H2. The van der Waals surface area contributed by atoms with Gasteiger partial charge in [-0.15, -0.1) is 0 Å². The Hall–Kier alpha value is -0.500. The number of fused-ring (bicyclic) bond motifs is 1. The van der Waals surface area contributed by atoms with Crippen LogP contribution in [0.3, 0.4) is 0 Å². The summed E-state index contributed by atoms with van der Waals surface area (Å²) in [5.74, 6) is 0. The highest BCUT2D eigenvalue weighted by atomic mass is 35.5. The van der Waals surface area contributed by atoms with Crippen molar-refractivity contribution < 1.29 is 0 Å². The fourth-order valence-electron chi connectivity index (χ4n) is 1.40. The summed E-state index contributed by atoms with van der Waals surface area (Å²) >= 11 is 5.83. The Morgan fingerprint density at radius 1 is 1.50 bits per heavy atom. The summed E-state index contributed by atoms with van der Waals surface area (Å²) in [5, 5.41) is 0.694. The van der Waals surface area contributed by atoms with Crippen molar-refractivity contribution in [1.82, 2.24) is 9.55 Å². The molecule has 10 heavy (non-hydrogen) atoms. The van der Waals surface area contributed by atoms with E-state index in [-0.39, 0.29) is 0 Å². The number of hydrogen-bond donors (Lipinski definition) is 0. The Bertz CT molecular complexity index is 242. The zero-order valence-corrected chi connectivity index (χ0v) is 6.43. The number of nitrogens with zero attached hydrogens (tertiary/aromatic N) is 2. The Labute approximate surface area is 64.8 Å². The van der Waals surface area contributed by atoms with E-state index in [1.165, 1.54) is 18.5 Å². The highest BCUT2D eigenvalue weighted by molar-refractivity contribution is 6.30. The summed E-state index contributed by atoms with van der Waals surface area (Å²) in [6, 6.07) is 0. The third kappa shape index (κ3) is 0.833. The number of aromatic nitrogens is 2. The number of halogens is 1. The molecule has 2 nitrogen and oxygen atoms in total. The summed E-state index contributed by atoms with van der Waals surface area (Å²) in [6.45, 7) is 1.09. The maximum Gasteiger partial charge on any atom is 0.150 e. The lowest BCUT2D eigenvalue weighted by molar-refractivity contribution is 0.532. The first-order valence-electron chi connectivity index (χ1n) is 3.57. The molecule has 2 rings (SSSR count). The molecule has 2 heterocycles. The molecule has 54 valence electrons. The first-order valence-corrected chi connectivity index (χ1v) is 3.95. The normalized spacial score (nSPS) is 16.9. The predicted octanol–water partition coefficient (Wildman–Crippen LogP) is 1.87. The topological polar surface area (TPSA) is 17.8 Å². The lowest BCUT2D eigenvalue weighted by Gasteiger charge is -2.13. The fraction of sp³-hybridized carbons (Fsp3) is 0.571. The molecule has 1 aliphatic rings. The van der Waals surface area contributed by atoms with Crippen LogP contribution in [0.25, 0.3) is 0 Å². The molecule has 0 saturated carbocycles. The molecule has 0 N–H and O–H groups in total. The second-order valence-electron chi connectivity index (χ2n) is 2.63. The molecule has 0 saturated heterocycles. The van der Waals surface area contributed by atoms with Crippen LogP contribution in [0, 0.1) is 0 Å². The molecule has 0 radical (unpaired) electrons. The van der Waals surface area contributed by atoms with Gasteiger partial charge in [0.1, 0.15) is 5.15 Å². The molecule has 1 aliphatic heterocycles. The van der Waals surface area contributed by atoms with Gasteiger partial charge in [0.25, 0.3) is 0 Å². The number of aryl methyl sites for hydroxylation is 1. The number of hydrogen-bond acceptors (Lipinski definition) is 1. The molecule has 0 atom stereocenters. The van der Waals surface area contributed by atoms with E-state index in [0.29, 0.717) is 5.15 Å². The molecule has 3 heteroatoms. The van der Waals surface area contributed by atoms with Crippen molar-refractivity contribution in [3.8, 4) is 0 Å². The third-order valence-electron chi connectivity index (χ3n) is 1.96. The third-order valence-corrected chi connectivity index (χ3v) is 2.27. The Kier molecular flexibility index (Phi) is 1.42. The molecule has 1 aromatic heterocycles. The minimum Gasteiger partial charge on any atom is -0.333 e. The summed E-state index contributed by atoms with van der Waals surface area (Å²) in [6.07, 6.45) is 5.45. The van der Waals surface area contributed by atoms with Gasteiger partial charge in [-0.25, -0.2) is 4.98 Å². The molecule has 1 aromatic rings. The molecular weight excluding hydrogens is 148 g/mol. The first kappa shape index (κ1) is 6.23. The van der Waals surface area contributed by atoms with Crippen molar-refractivity contribution >= 4 is 11.6 Å². The summed E-state index contributed by atoms with van der Waals surface area (Å²) in [5.41, 5.74) is 1.22. The van der Waals surface area contributed by atoms with Crippen molar-refractivity contribution in [2.45, 2.75) is 25.8 Å². The molecule has 0 fully saturated rings. The van der Waals surface area contributed by atoms with Crippen LogP contribution in [0.2, 0.25) is 5.15 Å². The van der Waals surface area contributed by atoms with Crippen molar-refractivity contribution in [3.63, 3.8) is 0 Å². The summed E-state index contributed by atoms with van der Waals surface area (Å²) in [4.78, 5) is 4.03. The van der Waals surface area contributed by atoms with Gasteiger partial charge in [0.15, 0.2) is 0 Å². The minimum absolute atomic E-state index is 0.694. The van der Waals surface area contributed by atoms with Gasteiger partial charge in [-0.3, -0.25) is 0 Å². The van der Waals surface area contributed by atoms with E-state index in [1.54, 1.807) is 0 Å². The SMILES string of the molecule is Clc1ncn2c1CCCC2. The van der Waals surface area contributed by atoms with Gasteiger partial charge in [-0.2, -0.15) is 0 Å². The quantitative estimate of drug-likeness (QED) is 0.561. The smallest absolute Gasteiger partial charge is 0.150 e. The minimum atomic E-state index is 0.694. The largest absolute Gasteiger partial charge is 0.333 e. The Balaban J connectivity index is 2.45. The average Bonchev–Trinajstić information content (AvgIpc) is 2.34. The van der Waals surface area contributed by atoms with E-state index in [0.717, 1.165) is 13.0 Å². The van der Waals surface area contributed by atoms with Crippen LogP contribution in [0.15, 0.2) is 6.33 Å². The molecule has 0 amide bonds. The van der Waals surface area contributed by atoms with Crippen molar-refractivity contribution in [1.29, 1.82) is 0 Å². The van der Waals surface area contributed by atoms with Gasteiger partial charge < -0.3 is 4.57 Å². The number of imidazole rings is 1. The van der Waals surface area contributed by atoms with Crippen LogP contribution in [-0.2, 0) is 13.0 Å². The van der Waals surface area contributed by atoms with E-state index in [4.69, 9.17) is 11.6 Å². The molecule has 0 bridgehead atoms. The predicted molar refractivity (Wildman–Crippen MR) is 40.2 cm³/mol. The van der Waals surface area contributed by atoms with E-state index < -0.39 is 0 Å². The highest BCUT2D eigenvalue weighted by Gasteiger charge is 2.11. The van der Waals surface area contributed by atoms with Crippen molar-refractivity contribution in [2.75, 3.05) is 0 Å². The van der Waals surface area contributed by atoms with Crippen molar-refractivity contribution in [2.24, 2.45) is 0 Å². The molecule has 0 unspecified atom stereocenters. The van der Waals surface area contributed by atoms with E-state index in [2.05, 4.69) is 9.55 Å². The maximum absolute atomic E-state index is 5.83. The van der Waals surface area contributed by atoms with Crippen LogP contribution < -0.4 is 0 Å². The van der Waals surface area contributed by atoms with Gasteiger partial charge in [0.2, 0.25) is 0 Å². The van der Waals surface area contributed by atoms with Gasteiger partial charge in [0.05, 0.1) is 12.0 Å². The molecular formula is C7H9ClN2. The highest BCUT2D eigenvalue weighted by Crippen LogP contribution is 2.20. The van der Waals surface area contributed by atoms with Gasteiger partial charge in [-0.1, -0.05) is 11.6 Å². The zero-order chi connectivity index (χ0) is 6.97. The van der Waals surface area contributed by atoms with Gasteiger partial charge in [0, 0.05) is 6.54 Å². The molecule has 0 aromatic carbocycles. The molecule has 0 aliphatic carbocycles. The second-order valence-corrected chi connectivity index (χ2v) is 2.99. The van der Waals surface area contributed by atoms with E-state index >= 15 is 0 Å². The van der Waals surface area contributed by atoms with Crippen LogP contribution in [0.5, 0.6) is 0 Å². The van der Waals surface area contributed by atoms with Gasteiger partial charge >= 0.3 is 0 Å². The summed E-state index contributed by atoms with van der Waals surface area (Å²) in [7, 11) is 0. The van der Waals surface area contributed by atoms with Gasteiger partial charge in [-0.05, 0) is 19.3 Å².